The number of benzene rings is 1. The number of para-hydroxylation sites is 1. The van der Waals surface area contributed by atoms with Gasteiger partial charge < -0.3 is 10.3 Å². The maximum atomic E-state index is 10.9. The third-order valence-corrected chi connectivity index (χ3v) is 3.55. The van der Waals surface area contributed by atoms with Crippen molar-refractivity contribution < 1.29 is 12.6 Å². The van der Waals surface area contributed by atoms with E-state index in [4.69, 9.17) is 9.92 Å². The number of nitrogens with two attached hydrogens (primary N) is 1. The molecule has 0 aliphatic heterocycles. The largest absolute Gasteiger partial charge is 0.334 e. The van der Waals surface area contributed by atoms with E-state index in [9.17, 15) is 8.42 Å². The molecule has 0 unspecified atom stereocenters. The predicted octanol–water partition coefficient (Wildman–Crippen LogP) is 1.47. The summed E-state index contributed by atoms with van der Waals surface area (Å²) in [5, 5.41) is 1.16. The summed E-state index contributed by atoms with van der Waals surface area (Å²) in [4.78, 5) is 0. The maximum Gasteiger partial charge on any atom is 0.264 e. The molecular weight excluding hydrogens is 264 g/mol. The van der Waals surface area contributed by atoms with Crippen molar-refractivity contribution in [3.05, 3.63) is 36.0 Å². The molecule has 1 aromatic carbocycles. The van der Waals surface area contributed by atoms with Gasteiger partial charge in [0.15, 0.2) is 0 Å². The van der Waals surface area contributed by atoms with Gasteiger partial charge in [-0.25, -0.2) is 0 Å². The molecule has 0 saturated carbocycles. The van der Waals surface area contributed by atoms with Crippen LogP contribution in [0, 0.1) is 0 Å². The van der Waals surface area contributed by atoms with E-state index in [0.717, 1.165) is 29.1 Å². The van der Waals surface area contributed by atoms with Gasteiger partial charge in [-0.1, -0.05) is 18.2 Å². The van der Waals surface area contributed by atoms with Gasteiger partial charge in [-0.2, -0.15) is 8.42 Å². The highest BCUT2D eigenvalue weighted by atomic mass is 32.2. The molecule has 5 nitrogen and oxygen atoms in total. The van der Waals surface area contributed by atoms with Crippen molar-refractivity contribution in [2.75, 3.05) is 12.9 Å². The van der Waals surface area contributed by atoms with Crippen LogP contribution in [0.2, 0.25) is 0 Å². The number of hydrogen-bond donors (Lipinski definition) is 1. The molecule has 6 heteroatoms. The van der Waals surface area contributed by atoms with Crippen LogP contribution >= 0.6 is 0 Å². The van der Waals surface area contributed by atoms with Crippen molar-refractivity contribution in [2.24, 2.45) is 5.73 Å². The summed E-state index contributed by atoms with van der Waals surface area (Å²) < 4.78 is 28.5. The lowest BCUT2D eigenvalue weighted by molar-refractivity contribution is 0.316. The van der Waals surface area contributed by atoms with Gasteiger partial charge in [0, 0.05) is 17.1 Å². The second-order valence-electron chi connectivity index (χ2n) is 4.45. The Morgan fingerprint density at radius 2 is 2.05 bits per heavy atom. The van der Waals surface area contributed by atoms with Crippen LogP contribution in [-0.2, 0) is 27.4 Å². The molecule has 2 rings (SSSR count). The second-order valence-corrected chi connectivity index (χ2v) is 6.10. The van der Waals surface area contributed by atoms with Gasteiger partial charge in [0.05, 0.1) is 19.5 Å². The van der Waals surface area contributed by atoms with E-state index in [-0.39, 0.29) is 6.61 Å². The molecule has 0 aliphatic rings. The zero-order valence-electron chi connectivity index (χ0n) is 10.9. The lowest BCUT2D eigenvalue weighted by atomic mass is 10.1. The standard InChI is InChI=1S/C13H18N2O3S/c1-19(16,17)18-8-4-5-11-9-15(10-14)13-7-3-2-6-12(11)13/h2-3,6-7,9H,4-5,8,10,14H2,1H3. The van der Waals surface area contributed by atoms with E-state index >= 15 is 0 Å². The monoisotopic (exact) mass is 282 g/mol. The molecule has 0 amide bonds. The lowest BCUT2D eigenvalue weighted by Crippen LogP contribution is -2.05. The van der Waals surface area contributed by atoms with Crippen molar-refractivity contribution in [3.63, 3.8) is 0 Å². The summed E-state index contributed by atoms with van der Waals surface area (Å²) in [6.07, 6.45) is 4.51. The molecule has 1 heterocycles. The molecule has 2 N–H and O–H groups in total. The Bertz CT molecular complexity index is 662. The van der Waals surface area contributed by atoms with Crippen LogP contribution in [0.5, 0.6) is 0 Å². The third-order valence-electron chi connectivity index (χ3n) is 2.96. The maximum absolute atomic E-state index is 10.9. The highest BCUT2D eigenvalue weighted by Crippen LogP contribution is 2.22. The molecule has 0 atom stereocenters. The number of fused-ring (bicyclic) bond motifs is 1. The predicted molar refractivity (Wildman–Crippen MR) is 75.2 cm³/mol. The molecule has 0 fully saturated rings. The van der Waals surface area contributed by atoms with E-state index in [1.54, 1.807) is 0 Å². The van der Waals surface area contributed by atoms with E-state index in [0.29, 0.717) is 13.1 Å². The molecule has 19 heavy (non-hydrogen) atoms. The van der Waals surface area contributed by atoms with Crippen LogP contribution in [0.25, 0.3) is 10.9 Å². The molecule has 1 aromatic heterocycles. The van der Waals surface area contributed by atoms with Crippen LogP contribution in [0.3, 0.4) is 0 Å². The van der Waals surface area contributed by atoms with Gasteiger partial charge >= 0.3 is 0 Å². The fraction of sp³-hybridized carbons (Fsp3) is 0.385. The Kier molecular flexibility index (Phi) is 4.24. The van der Waals surface area contributed by atoms with Gasteiger partial charge in [0.25, 0.3) is 10.1 Å². The molecule has 2 aromatic rings. The summed E-state index contributed by atoms with van der Waals surface area (Å²) in [7, 11) is -3.35. The Hall–Kier alpha value is -1.37. The number of nitrogens with zero attached hydrogens (tertiary/aromatic N) is 1. The minimum atomic E-state index is -3.35. The molecule has 0 radical (unpaired) electrons. The third kappa shape index (κ3) is 3.56. The molecule has 0 spiro atoms. The summed E-state index contributed by atoms with van der Waals surface area (Å²) in [6, 6.07) is 8.04. The quantitative estimate of drug-likeness (QED) is 0.643. The van der Waals surface area contributed by atoms with Crippen LogP contribution in [-0.4, -0.2) is 25.8 Å². The number of hydrogen-bond acceptors (Lipinski definition) is 4. The molecule has 104 valence electrons. The molecule has 0 aliphatic carbocycles. The first-order valence-corrected chi connectivity index (χ1v) is 7.94. The SMILES string of the molecule is CS(=O)(=O)OCCCc1cn(CN)c2ccccc12. The molecular formula is C13H18N2O3S. The average molecular weight is 282 g/mol. The topological polar surface area (TPSA) is 74.3 Å². The Morgan fingerprint density at radius 1 is 1.32 bits per heavy atom. The summed E-state index contributed by atoms with van der Waals surface area (Å²) in [5.74, 6) is 0. The van der Waals surface area contributed by atoms with Crippen LogP contribution in [0.4, 0.5) is 0 Å². The first kappa shape index (κ1) is 14.0. The van der Waals surface area contributed by atoms with E-state index < -0.39 is 10.1 Å². The smallest absolute Gasteiger partial charge is 0.264 e. The minimum Gasteiger partial charge on any atom is -0.334 e. The van der Waals surface area contributed by atoms with E-state index in [2.05, 4.69) is 0 Å². The van der Waals surface area contributed by atoms with E-state index in [1.807, 2.05) is 35.0 Å². The van der Waals surface area contributed by atoms with Gasteiger partial charge in [-0.3, -0.25) is 4.18 Å². The molecule has 0 bridgehead atoms. The number of aryl methyl sites for hydroxylation is 1. The summed E-state index contributed by atoms with van der Waals surface area (Å²) in [6.45, 7) is 0.640. The normalized spacial score (nSPS) is 12.1. The molecule has 0 saturated heterocycles. The van der Waals surface area contributed by atoms with Crippen molar-refractivity contribution in [1.29, 1.82) is 0 Å². The lowest BCUT2D eigenvalue weighted by Gasteiger charge is -2.00. The Morgan fingerprint density at radius 3 is 2.74 bits per heavy atom. The van der Waals surface area contributed by atoms with Gasteiger partial charge in [0.1, 0.15) is 0 Å². The Balaban J connectivity index is 2.09. The van der Waals surface area contributed by atoms with Gasteiger partial charge in [0.2, 0.25) is 0 Å². The Labute approximate surface area is 113 Å². The zero-order valence-corrected chi connectivity index (χ0v) is 11.7. The van der Waals surface area contributed by atoms with E-state index in [1.165, 1.54) is 0 Å². The highest BCUT2D eigenvalue weighted by molar-refractivity contribution is 7.85. The van der Waals surface area contributed by atoms with Crippen molar-refractivity contribution in [1.82, 2.24) is 4.57 Å². The first-order chi connectivity index (χ1) is 9.01. The van der Waals surface area contributed by atoms with Crippen LogP contribution in [0.1, 0.15) is 12.0 Å². The summed E-state index contributed by atoms with van der Waals surface area (Å²) in [5.41, 5.74) is 7.97. The van der Waals surface area contributed by atoms with Gasteiger partial charge in [-0.05, 0) is 24.5 Å². The van der Waals surface area contributed by atoms with Gasteiger partial charge in [-0.15, -0.1) is 0 Å². The van der Waals surface area contributed by atoms with Crippen LogP contribution < -0.4 is 5.73 Å². The van der Waals surface area contributed by atoms with Crippen molar-refractivity contribution >= 4 is 21.0 Å². The second kappa shape index (κ2) is 5.73. The zero-order chi connectivity index (χ0) is 13.9. The first-order valence-electron chi connectivity index (χ1n) is 6.12. The minimum absolute atomic E-state index is 0.209. The van der Waals surface area contributed by atoms with Crippen LogP contribution in [0.15, 0.2) is 30.5 Å². The average Bonchev–Trinajstić information content (AvgIpc) is 2.72. The fourth-order valence-corrected chi connectivity index (χ4v) is 2.57. The van der Waals surface area contributed by atoms with Crippen molar-refractivity contribution in [3.8, 4) is 0 Å². The van der Waals surface area contributed by atoms with Crippen molar-refractivity contribution in [2.45, 2.75) is 19.5 Å². The summed E-state index contributed by atoms with van der Waals surface area (Å²) >= 11 is 0. The number of rotatable bonds is 6. The number of aromatic nitrogens is 1. The highest BCUT2D eigenvalue weighted by Gasteiger charge is 2.07. The fourth-order valence-electron chi connectivity index (χ4n) is 2.15.